The van der Waals surface area contributed by atoms with E-state index in [4.69, 9.17) is 4.74 Å². The molecule has 1 aliphatic rings. The van der Waals surface area contributed by atoms with Crippen molar-refractivity contribution in [1.82, 2.24) is 5.32 Å². The van der Waals surface area contributed by atoms with Gasteiger partial charge in [-0.3, -0.25) is 0 Å². The number of quaternary nitrogens is 1. The molecule has 0 aliphatic carbocycles. The third-order valence-electron chi connectivity index (χ3n) is 3.99. The molecule has 5 nitrogen and oxygen atoms in total. The summed E-state index contributed by atoms with van der Waals surface area (Å²) >= 11 is 0. The molecule has 0 aromatic heterocycles. The van der Waals surface area contributed by atoms with Crippen LogP contribution in [0.2, 0.25) is 0 Å². The van der Waals surface area contributed by atoms with Crippen molar-refractivity contribution in [3.05, 3.63) is 42.0 Å². The van der Waals surface area contributed by atoms with Crippen LogP contribution in [0.25, 0.3) is 10.8 Å². The minimum Gasteiger partial charge on any atom is -0.550 e. The maximum Gasteiger partial charge on any atom is 0.126 e. The van der Waals surface area contributed by atoms with Gasteiger partial charge in [0.05, 0.1) is 20.2 Å². The summed E-state index contributed by atoms with van der Waals surface area (Å²) in [7, 11) is 1.62. The number of ether oxygens (including phenoxy) is 1. The molecule has 1 saturated heterocycles. The molecule has 0 unspecified atom stereocenters. The molecule has 3 rings (SSSR count). The first kappa shape index (κ1) is 17.2. The summed E-state index contributed by atoms with van der Waals surface area (Å²) in [6.45, 7) is 6.54. The van der Waals surface area contributed by atoms with Crippen molar-refractivity contribution < 1.29 is 20.0 Å². The van der Waals surface area contributed by atoms with Gasteiger partial charge in [0.1, 0.15) is 5.75 Å². The average molecular weight is 316 g/mol. The molecule has 0 bridgehead atoms. The summed E-state index contributed by atoms with van der Waals surface area (Å²) in [5.74, 6) is -0.881. The van der Waals surface area contributed by atoms with Gasteiger partial charge in [0, 0.05) is 30.4 Å². The lowest BCUT2D eigenvalue weighted by Crippen LogP contribution is -2.89. The maximum absolute atomic E-state index is 10.8. The number of nitrogens with one attached hydrogen (secondary N) is 1. The topological polar surface area (TPSA) is 78.0 Å². The minimum absolute atomic E-state index is 0.606. The van der Waals surface area contributed by atoms with Gasteiger partial charge in [0.25, 0.3) is 0 Å². The first-order chi connectivity index (χ1) is 11.1. The molecule has 3 N–H and O–H groups in total. The average Bonchev–Trinajstić information content (AvgIpc) is 2.62. The molecule has 2 aromatic rings. The summed E-state index contributed by atoms with van der Waals surface area (Å²) in [4.78, 5) is 10.8. The molecule has 5 heteroatoms. The smallest absolute Gasteiger partial charge is 0.126 e. The molecule has 2 aromatic carbocycles. The molecule has 0 amide bonds. The van der Waals surface area contributed by atoms with Gasteiger partial charge in [-0.2, -0.15) is 0 Å². The zero-order valence-corrected chi connectivity index (χ0v) is 13.7. The van der Waals surface area contributed by atoms with Crippen LogP contribution in [0.5, 0.6) is 5.75 Å². The highest BCUT2D eigenvalue weighted by Gasteiger charge is 2.08. The predicted molar refractivity (Wildman–Crippen MR) is 88.5 cm³/mol. The fraction of sp³-hybridized carbons (Fsp3) is 0.389. The monoisotopic (exact) mass is 316 g/mol. The van der Waals surface area contributed by atoms with Crippen LogP contribution < -0.4 is 20.5 Å². The number of carboxylic acid groups (broad SMARTS) is 1. The Labute approximate surface area is 136 Å². The number of carbonyl (C=O) groups excluding carboxylic acids is 1. The van der Waals surface area contributed by atoms with E-state index in [1.807, 2.05) is 30.3 Å². The Bertz CT molecular complexity index is 642. The van der Waals surface area contributed by atoms with Gasteiger partial charge in [-0.05, 0) is 17.0 Å². The molecule has 1 aliphatic heterocycles. The van der Waals surface area contributed by atoms with Crippen LogP contribution in [0.15, 0.2) is 36.4 Å². The van der Waals surface area contributed by atoms with E-state index in [1.54, 1.807) is 20.1 Å². The Morgan fingerprint density at radius 2 is 2.00 bits per heavy atom. The standard InChI is InChI=1S/C14H14O3.C4H10N2/c1-9(14(15)16)10-6-7-12-11(8-10)4-3-5-13(12)17-2;1-2-6-4-3-5-1/h3-9H,1-2H3,(H,15,16);5-6H,1-4H2/t9-;/m0./s1. The second kappa shape index (κ2) is 8.50. The van der Waals surface area contributed by atoms with Crippen molar-refractivity contribution in [2.75, 3.05) is 33.3 Å². The summed E-state index contributed by atoms with van der Waals surface area (Å²) in [6, 6.07) is 11.2. The highest BCUT2D eigenvalue weighted by molar-refractivity contribution is 5.89. The fourth-order valence-corrected chi connectivity index (χ4v) is 2.53. The number of benzene rings is 2. The second-order valence-corrected chi connectivity index (χ2v) is 5.60. The summed E-state index contributed by atoms with van der Waals surface area (Å²) in [5, 5.41) is 18.4. The van der Waals surface area contributed by atoms with Crippen molar-refractivity contribution in [3.8, 4) is 5.75 Å². The van der Waals surface area contributed by atoms with E-state index in [2.05, 4.69) is 10.6 Å². The van der Waals surface area contributed by atoms with E-state index < -0.39 is 11.9 Å². The molecule has 23 heavy (non-hydrogen) atoms. The van der Waals surface area contributed by atoms with E-state index in [1.165, 1.54) is 26.2 Å². The maximum atomic E-state index is 10.8. The van der Waals surface area contributed by atoms with Gasteiger partial charge < -0.3 is 25.3 Å². The fourth-order valence-electron chi connectivity index (χ4n) is 2.53. The molecule has 0 radical (unpaired) electrons. The summed E-state index contributed by atoms with van der Waals surface area (Å²) in [5.41, 5.74) is 0.741. The molecule has 1 atom stereocenters. The van der Waals surface area contributed by atoms with E-state index in [0.717, 1.165) is 22.1 Å². The number of hydrogen-bond donors (Lipinski definition) is 2. The van der Waals surface area contributed by atoms with Crippen molar-refractivity contribution in [1.29, 1.82) is 0 Å². The Morgan fingerprint density at radius 3 is 2.52 bits per heavy atom. The number of nitrogens with two attached hydrogens (primary N) is 1. The number of carboxylic acids is 1. The zero-order valence-electron chi connectivity index (χ0n) is 13.7. The highest BCUT2D eigenvalue weighted by Crippen LogP contribution is 2.28. The Hall–Kier alpha value is -2.11. The van der Waals surface area contributed by atoms with Gasteiger partial charge in [0.15, 0.2) is 0 Å². The zero-order chi connectivity index (χ0) is 16.7. The van der Waals surface area contributed by atoms with Gasteiger partial charge in [0.2, 0.25) is 0 Å². The van der Waals surface area contributed by atoms with Crippen molar-refractivity contribution >= 4 is 16.7 Å². The third-order valence-corrected chi connectivity index (χ3v) is 3.99. The first-order valence-corrected chi connectivity index (χ1v) is 7.93. The highest BCUT2D eigenvalue weighted by atomic mass is 16.5. The van der Waals surface area contributed by atoms with E-state index >= 15 is 0 Å². The molecule has 0 saturated carbocycles. The van der Waals surface area contributed by atoms with E-state index in [9.17, 15) is 9.90 Å². The lowest BCUT2D eigenvalue weighted by atomic mass is 9.98. The number of piperazine rings is 1. The molecule has 124 valence electrons. The van der Waals surface area contributed by atoms with Crippen LogP contribution in [0, 0.1) is 0 Å². The Balaban J connectivity index is 0.000000268. The van der Waals surface area contributed by atoms with E-state index in [0.29, 0.717) is 0 Å². The molecule has 1 heterocycles. The van der Waals surface area contributed by atoms with Crippen LogP contribution >= 0.6 is 0 Å². The predicted octanol–water partition coefficient (Wildman–Crippen LogP) is -0.145. The quantitative estimate of drug-likeness (QED) is 0.826. The Kier molecular flexibility index (Phi) is 6.38. The van der Waals surface area contributed by atoms with Crippen LogP contribution in [-0.4, -0.2) is 39.3 Å². The molecular weight excluding hydrogens is 292 g/mol. The number of rotatable bonds is 3. The number of fused-ring (bicyclic) bond motifs is 1. The summed E-state index contributed by atoms with van der Waals surface area (Å²) < 4.78 is 5.25. The van der Waals surface area contributed by atoms with Crippen LogP contribution in [0.4, 0.5) is 0 Å². The normalized spacial score (nSPS) is 15.4. The van der Waals surface area contributed by atoms with E-state index in [-0.39, 0.29) is 0 Å². The van der Waals surface area contributed by atoms with Gasteiger partial charge in [-0.25, -0.2) is 0 Å². The molecule has 0 spiro atoms. The van der Waals surface area contributed by atoms with Crippen molar-refractivity contribution in [3.63, 3.8) is 0 Å². The number of carbonyl (C=O) groups is 1. The second-order valence-electron chi connectivity index (χ2n) is 5.60. The number of methoxy groups -OCH3 is 1. The lowest BCUT2D eigenvalue weighted by molar-refractivity contribution is -0.657. The number of aliphatic carboxylic acids is 1. The van der Waals surface area contributed by atoms with Gasteiger partial charge in [-0.15, -0.1) is 0 Å². The van der Waals surface area contributed by atoms with Crippen LogP contribution in [0.3, 0.4) is 0 Å². The molecular formula is C18H24N2O3. The Morgan fingerprint density at radius 1 is 1.26 bits per heavy atom. The van der Waals surface area contributed by atoms with Crippen molar-refractivity contribution in [2.24, 2.45) is 0 Å². The largest absolute Gasteiger partial charge is 0.550 e. The third kappa shape index (κ3) is 4.68. The molecule has 1 fully saturated rings. The van der Waals surface area contributed by atoms with Crippen LogP contribution in [0.1, 0.15) is 18.4 Å². The number of hydrogen-bond acceptors (Lipinski definition) is 4. The van der Waals surface area contributed by atoms with Crippen LogP contribution in [-0.2, 0) is 4.79 Å². The SMILES string of the molecule is C1C[NH2+]CCN1.COc1cccc2cc([C@H](C)C(=O)[O-])ccc12. The summed E-state index contributed by atoms with van der Waals surface area (Å²) in [6.07, 6.45) is 0. The minimum atomic E-state index is -1.06. The first-order valence-electron chi connectivity index (χ1n) is 7.93. The van der Waals surface area contributed by atoms with Gasteiger partial charge in [-0.1, -0.05) is 37.3 Å². The lowest BCUT2D eigenvalue weighted by Gasteiger charge is -2.14. The van der Waals surface area contributed by atoms with Crippen molar-refractivity contribution in [2.45, 2.75) is 12.8 Å². The van der Waals surface area contributed by atoms with Gasteiger partial charge >= 0.3 is 0 Å².